The molecule has 2 aromatic rings. The van der Waals surface area contributed by atoms with Gasteiger partial charge in [-0.2, -0.15) is 0 Å². The van der Waals surface area contributed by atoms with Gasteiger partial charge in [-0.15, -0.1) is 0 Å². The van der Waals surface area contributed by atoms with Gasteiger partial charge in [-0.05, 0) is 12.1 Å². The zero-order valence-electron chi connectivity index (χ0n) is 12.4. The number of aliphatic hydroxyl groups excluding tert-OH is 1. The van der Waals surface area contributed by atoms with Crippen LogP contribution in [0.3, 0.4) is 0 Å². The molecule has 0 saturated carbocycles. The Labute approximate surface area is 132 Å². The first-order valence-electron chi connectivity index (χ1n) is 6.95. The van der Waals surface area contributed by atoms with E-state index >= 15 is 0 Å². The molecule has 0 aliphatic carbocycles. The fourth-order valence-electron chi connectivity index (χ4n) is 2.15. The van der Waals surface area contributed by atoms with Gasteiger partial charge in [0.05, 0.1) is 12.7 Å². The van der Waals surface area contributed by atoms with Crippen LogP contribution in [-0.4, -0.2) is 45.5 Å². The Morgan fingerprint density at radius 3 is 3.04 bits per heavy atom. The van der Waals surface area contributed by atoms with E-state index in [4.69, 9.17) is 0 Å². The van der Waals surface area contributed by atoms with E-state index in [1.807, 2.05) is 18.2 Å². The Kier molecular flexibility index (Phi) is 4.05. The van der Waals surface area contributed by atoms with Gasteiger partial charge in [0, 0.05) is 25.4 Å². The number of carbonyl (C=O) groups is 1. The maximum absolute atomic E-state index is 12.2. The number of amides is 1. The SMILES string of the molecule is CN1CC(O)=C(C(=O)Nc2cnoc2)N=C1Cc1ccccn1. The highest BCUT2D eigenvalue weighted by Gasteiger charge is 2.24. The predicted molar refractivity (Wildman–Crippen MR) is 82.8 cm³/mol. The van der Waals surface area contributed by atoms with Crippen molar-refractivity contribution >= 4 is 17.4 Å². The maximum atomic E-state index is 12.2. The van der Waals surface area contributed by atoms with E-state index in [1.165, 1.54) is 12.5 Å². The Morgan fingerprint density at radius 1 is 1.48 bits per heavy atom. The molecule has 118 valence electrons. The maximum Gasteiger partial charge on any atom is 0.278 e. The van der Waals surface area contributed by atoms with Gasteiger partial charge in [0.25, 0.3) is 5.91 Å². The lowest BCUT2D eigenvalue weighted by Gasteiger charge is -2.25. The van der Waals surface area contributed by atoms with Gasteiger partial charge in [0.15, 0.2) is 5.70 Å². The topological polar surface area (TPSA) is 104 Å². The number of carbonyl (C=O) groups excluding carboxylic acids is 1. The summed E-state index contributed by atoms with van der Waals surface area (Å²) in [6, 6.07) is 5.60. The number of likely N-dealkylation sites (N-methyl/N-ethyl adjacent to an activating group) is 1. The van der Waals surface area contributed by atoms with Crippen molar-refractivity contribution in [1.82, 2.24) is 15.0 Å². The number of aromatic nitrogens is 2. The number of hydrogen-bond acceptors (Lipinski definition) is 7. The summed E-state index contributed by atoms with van der Waals surface area (Å²) in [6.07, 6.45) is 4.83. The molecule has 3 rings (SSSR count). The van der Waals surface area contributed by atoms with Gasteiger partial charge in [0.1, 0.15) is 23.5 Å². The van der Waals surface area contributed by atoms with Crippen LogP contribution in [0.1, 0.15) is 5.69 Å². The molecule has 1 aliphatic rings. The van der Waals surface area contributed by atoms with Gasteiger partial charge in [0.2, 0.25) is 0 Å². The van der Waals surface area contributed by atoms with Crippen LogP contribution in [0, 0.1) is 0 Å². The molecule has 0 unspecified atom stereocenters. The summed E-state index contributed by atoms with van der Waals surface area (Å²) in [4.78, 5) is 22.6. The monoisotopic (exact) mass is 313 g/mol. The molecule has 2 aromatic heterocycles. The second-order valence-corrected chi connectivity index (χ2v) is 5.04. The smallest absolute Gasteiger partial charge is 0.278 e. The number of aliphatic hydroxyl groups is 1. The number of rotatable bonds is 4. The van der Waals surface area contributed by atoms with Crippen LogP contribution in [0.25, 0.3) is 0 Å². The molecule has 0 fully saturated rings. The Bertz CT molecular complexity index is 753. The van der Waals surface area contributed by atoms with Gasteiger partial charge in [-0.3, -0.25) is 9.78 Å². The van der Waals surface area contributed by atoms with Crippen molar-refractivity contribution in [2.45, 2.75) is 6.42 Å². The third kappa shape index (κ3) is 3.37. The molecular weight excluding hydrogens is 298 g/mol. The number of nitrogens with one attached hydrogen (secondary N) is 1. The molecule has 1 aliphatic heterocycles. The van der Waals surface area contributed by atoms with E-state index in [-0.39, 0.29) is 18.0 Å². The van der Waals surface area contributed by atoms with Crippen LogP contribution in [-0.2, 0) is 11.2 Å². The largest absolute Gasteiger partial charge is 0.508 e. The van der Waals surface area contributed by atoms with Crippen LogP contribution in [0.15, 0.2) is 57.8 Å². The van der Waals surface area contributed by atoms with E-state index < -0.39 is 5.91 Å². The number of nitrogens with zero attached hydrogens (tertiary/aromatic N) is 4. The van der Waals surface area contributed by atoms with Gasteiger partial charge >= 0.3 is 0 Å². The summed E-state index contributed by atoms with van der Waals surface area (Å²) >= 11 is 0. The second kappa shape index (κ2) is 6.30. The summed E-state index contributed by atoms with van der Waals surface area (Å²) in [7, 11) is 1.80. The highest BCUT2D eigenvalue weighted by molar-refractivity contribution is 6.06. The molecule has 0 bridgehead atoms. The minimum Gasteiger partial charge on any atom is -0.508 e. The average Bonchev–Trinajstić information content (AvgIpc) is 3.04. The zero-order chi connectivity index (χ0) is 16.2. The van der Waals surface area contributed by atoms with Crippen molar-refractivity contribution < 1.29 is 14.4 Å². The summed E-state index contributed by atoms with van der Waals surface area (Å²) in [5.74, 6) is 0.0421. The van der Waals surface area contributed by atoms with Crippen LogP contribution >= 0.6 is 0 Å². The molecule has 0 saturated heterocycles. The molecule has 0 radical (unpaired) electrons. The Hall–Kier alpha value is -3.16. The molecule has 23 heavy (non-hydrogen) atoms. The predicted octanol–water partition coefficient (Wildman–Crippen LogP) is 1.36. The first-order valence-corrected chi connectivity index (χ1v) is 6.95. The average molecular weight is 313 g/mol. The lowest BCUT2D eigenvalue weighted by molar-refractivity contribution is -0.113. The highest BCUT2D eigenvalue weighted by Crippen LogP contribution is 2.17. The first-order chi connectivity index (χ1) is 11.1. The molecule has 0 spiro atoms. The fourth-order valence-corrected chi connectivity index (χ4v) is 2.15. The third-order valence-electron chi connectivity index (χ3n) is 3.31. The first kappa shape index (κ1) is 14.8. The summed E-state index contributed by atoms with van der Waals surface area (Å²) in [5.41, 5.74) is 1.21. The third-order valence-corrected chi connectivity index (χ3v) is 3.31. The van der Waals surface area contributed by atoms with Crippen molar-refractivity contribution in [3.8, 4) is 0 Å². The minimum absolute atomic E-state index is 0.0183. The van der Waals surface area contributed by atoms with Crippen molar-refractivity contribution in [2.24, 2.45) is 4.99 Å². The van der Waals surface area contributed by atoms with E-state index in [2.05, 4.69) is 25.0 Å². The van der Waals surface area contributed by atoms with Crippen LogP contribution in [0.2, 0.25) is 0 Å². The molecule has 3 heterocycles. The van der Waals surface area contributed by atoms with Gasteiger partial charge in [-0.1, -0.05) is 11.2 Å². The normalized spacial score (nSPS) is 14.7. The van der Waals surface area contributed by atoms with Crippen LogP contribution < -0.4 is 5.32 Å². The van der Waals surface area contributed by atoms with E-state index in [1.54, 1.807) is 18.1 Å². The number of aliphatic imine (C=N–C) groups is 1. The van der Waals surface area contributed by atoms with Gasteiger partial charge in [-0.25, -0.2) is 4.99 Å². The number of amidine groups is 1. The molecule has 8 heteroatoms. The molecular formula is C15H15N5O3. The fraction of sp³-hybridized carbons (Fsp3) is 0.200. The van der Waals surface area contributed by atoms with E-state index in [0.717, 1.165) is 5.69 Å². The summed E-state index contributed by atoms with van der Waals surface area (Å²) in [6.45, 7) is 0.206. The molecule has 8 nitrogen and oxygen atoms in total. The lowest BCUT2D eigenvalue weighted by Crippen LogP contribution is -2.36. The minimum atomic E-state index is -0.516. The zero-order valence-corrected chi connectivity index (χ0v) is 12.4. The quantitative estimate of drug-likeness (QED) is 0.883. The van der Waals surface area contributed by atoms with Crippen molar-refractivity contribution in [2.75, 3.05) is 18.9 Å². The number of anilines is 1. The Balaban J connectivity index is 1.81. The highest BCUT2D eigenvalue weighted by atomic mass is 16.5. The van der Waals surface area contributed by atoms with Crippen molar-refractivity contribution in [3.05, 3.63) is 54.0 Å². The van der Waals surface area contributed by atoms with Gasteiger partial charge < -0.3 is 19.8 Å². The van der Waals surface area contributed by atoms with E-state index in [0.29, 0.717) is 17.9 Å². The second-order valence-electron chi connectivity index (χ2n) is 5.04. The summed E-state index contributed by atoms with van der Waals surface area (Å²) < 4.78 is 4.65. The van der Waals surface area contributed by atoms with Crippen molar-refractivity contribution in [1.29, 1.82) is 0 Å². The van der Waals surface area contributed by atoms with Crippen LogP contribution in [0.4, 0.5) is 5.69 Å². The molecule has 0 aromatic carbocycles. The summed E-state index contributed by atoms with van der Waals surface area (Å²) in [5, 5.41) is 16.1. The molecule has 0 atom stereocenters. The molecule has 1 amide bonds. The standard InChI is InChI=1S/C15H15N5O3/c1-20-8-12(21)14(15(22)18-11-7-17-23-9-11)19-13(20)6-10-4-2-3-5-16-10/h2-5,7,9,21H,6,8H2,1H3,(H,18,22). The Morgan fingerprint density at radius 2 is 2.35 bits per heavy atom. The number of hydrogen-bond donors (Lipinski definition) is 2. The molecule has 2 N–H and O–H groups in total. The van der Waals surface area contributed by atoms with Crippen molar-refractivity contribution in [3.63, 3.8) is 0 Å². The number of pyridine rings is 1. The lowest BCUT2D eigenvalue weighted by atomic mass is 10.2. The van der Waals surface area contributed by atoms with E-state index in [9.17, 15) is 9.90 Å². The van der Waals surface area contributed by atoms with Crippen LogP contribution in [0.5, 0.6) is 0 Å².